The highest BCUT2D eigenvalue weighted by Crippen LogP contribution is 2.38. The number of benzene rings is 2. The monoisotopic (exact) mass is 549 g/mol. The van der Waals surface area contributed by atoms with E-state index in [0.29, 0.717) is 10.5 Å². The van der Waals surface area contributed by atoms with E-state index in [9.17, 15) is 22.4 Å². The predicted octanol–water partition coefficient (Wildman–Crippen LogP) is 6.73. The van der Waals surface area contributed by atoms with E-state index in [1.54, 1.807) is 36.4 Å². The first kappa shape index (κ1) is 25.2. The number of nitrogens with one attached hydrogen (secondary N) is 2. The number of hydrogen-bond acceptors (Lipinski definition) is 2. The van der Waals surface area contributed by atoms with Gasteiger partial charge >= 0.3 is 12.2 Å². The van der Waals surface area contributed by atoms with Crippen LogP contribution in [0.3, 0.4) is 0 Å². The number of urea groups is 1. The van der Waals surface area contributed by atoms with Crippen molar-refractivity contribution < 1.29 is 22.4 Å². The summed E-state index contributed by atoms with van der Waals surface area (Å²) >= 11 is 3.32. The molecular formula is C26H24BrF4N3O. The van der Waals surface area contributed by atoms with Crippen molar-refractivity contribution in [2.45, 2.75) is 49.9 Å². The number of alkyl halides is 3. The van der Waals surface area contributed by atoms with E-state index in [0.717, 1.165) is 43.4 Å². The first-order valence-corrected chi connectivity index (χ1v) is 12.1. The highest BCUT2D eigenvalue weighted by molar-refractivity contribution is 9.10. The highest BCUT2D eigenvalue weighted by Gasteiger charge is 2.41. The SMILES string of the molecule is O=C(NC1CCCC1)NC(Cc1ccccc1)(c1cc(F)cc(C(F)(F)F)c1)c1ccc(Br)cn1. The average Bonchev–Trinajstić information content (AvgIpc) is 3.31. The average molecular weight is 550 g/mol. The molecule has 1 atom stereocenters. The van der Waals surface area contributed by atoms with Crippen LogP contribution in [0.1, 0.15) is 48.1 Å². The number of nitrogens with zero attached hydrogens (tertiary/aromatic N) is 1. The summed E-state index contributed by atoms with van der Waals surface area (Å²) in [6, 6.07) is 14.1. The smallest absolute Gasteiger partial charge is 0.335 e. The van der Waals surface area contributed by atoms with Gasteiger partial charge in [-0.3, -0.25) is 4.98 Å². The number of carbonyl (C=O) groups excluding carboxylic acids is 1. The van der Waals surface area contributed by atoms with Crippen molar-refractivity contribution in [3.63, 3.8) is 0 Å². The van der Waals surface area contributed by atoms with Crippen LogP contribution >= 0.6 is 15.9 Å². The normalized spacial score (nSPS) is 16.0. The third-order valence-electron chi connectivity index (χ3n) is 6.21. The van der Waals surface area contributed by atoms with Gasteiger partial charge in [-0.05, 0) is 70.2 Å². The molecule has 1 aromatic heterocycles. The molecule has 1 unspecified atom stereocenters. The summed E-state index contributed by atoms with van der Waals surface area (Å²) in [6.45, 7) is 0. The van der Waals surface area contributed by atoms with Crippen molar-refractivity contribution in [1.82, 2.24) is 15.6 Å². The lowest BCUT2D eigenvalue weighted by Crippen LogP contribution is -2.54. The molecule has 2 amide bonds. The third-order valence-corrected chi connectivity index (χ3v) is 6.68. The molecule has 4 rings (SSSR count). The summed E-state index contributed by atoms with van der Waals surface area (Å²) in [5.74, 6) is -1.05. The molecule has 0 radical (unpaired) electrons. The first-order chi connectivity index (χ1) is 16.7. The van der Waals surface area contributed by atoms with Gasteiger partial charge in [0, 0.05) is 23.1 Å². The van der Waals surface area contributed by atoms with Crippen molar-refractivity contribution in [2.24, 2.45) is 0 Å². The summed E-state index contributed by atoms with van der Waals surface area (Å²) in [4.78, 5) is 17.6. The molecule has 1 aliphatic rings. The minimum Gasteiger partial charge on any atom is -0.335 e. The lowest BCUT2D eigenvalue weighted by molar-refractivity contribution is -0.137. The second-order valence-corrected chi connectivity index (χ2v) is 9.65. The van der Waals surface area contributed by atoms with E-state index in [4.69, 9.17) is 0 Å². The second kappa shape index (κ2) is 10.4. The Balaban J connectivity index is 1.89. The van der Waals surface area contributed by atoms with Crippen LogP contribution in [0.25, 0.3) is 0 Å². The van der Waals surface area contributed by atoms with E-state index in [-0.39, 0.29) is 23.7 Å². The topological polar surface area (TPSA) is 54.0 Å². The minimum atomic E-state index is -4.77. The number of amides is 2. The van der Waals surface area contributed by atoms with Gasteiger partial charge in [-0.1, -0.05) is 43.2 Å². The van der Waals surface area contributed by atoms with Crippen LogP contribution < -0.4 is 10.6 Å². The maximum atomic E-state index is 14.6. The standard InChI is InChI=1S/C26H24BrF4N3O/c27-20-10-11-23(32-16-20)25(15-17-6-2-1-3-7-17,34-24(35)33-22-8-4-5-9-22)18-12-19(26(29,30)31)14-21(28)13-18/h1-3,6-7,10-14,16,22H,4-5,8-9,15H2,(H2,33,34,35). The van der Waals surface area contributed by atoms with E-state index in [1.165, 1.54) is 6.20 Å². The number of pyridine rings is 1. The van der Waals surface area contributed by atoms with Crippen LogP contribution in [0.2, 0.25) is 0 Å². The highest BCUT2D eigenvalue weighted by atomic mass is 79.9. The molecule has 4 nitrogen and oxygen atoms in total. The fourth-order valence-corrected chi connectivity index (χ4v) is 4.77. The zero-order valence-corrected chi connectivity index (χ0v) is 20.3. The molecule has 0 aliphatic heterocycles. The van der Waals surface area contributed by atoms with E-state index < -0.39 is 29.1 Å². The Labute approximate surface area is 209 Å². The molecule has 0 saturated heterocycles. The maximum Gasteiger partial charge on any atom is 0.416 e. The van der Waals surface area contributed by atoms with E-state index >= 15 is 0 Å². The molecule has 0 bridgehead atoms. The lowest BCUT2D eigenvalue weighted by Gasteiger charge is -2.36. The Kier molecular flexibility index (Phi) is 7.44. The number of carbonyl (C=O) groups is 1. The van der Waals surface area contributed by atoms with E-state index in [1.807, 2.05) is 6.07 Å². The lowest BCUT2D eigenvalue weighted by atomic mass is 9.79. The summed E-state index contributed by atoms with van der Waals surface area (Å²) < 4.78 is 56.3. The van der Waals surface area contributed by atoms with Crippen molar-refractivity contribution in [2.75, 3.05) is 0 Å². The fourth-order valence-electron chi connectivity index (χ4n) is 4.54. The van der Waals surface area contributed by atoms with Gasteiger partial charge in [0.15, 0.2) is 0 Å². The third kappa shape index (κ3) is 6.01. The number of hydrogen-bond donors (Lipinski definition) is 2. The Bertz CT molecular complexity index is 1170. The van der Waals surface area contributed by atoms with Gasteiger partial charge < -0.3 is 10.6 Å². The molecule has 3 aromatic rings. The van der Waals surface area contributed by atoms with Gasteiger partial charge in [0.05, 0.1) is 11.3 Å². The van der Waals surface area contributed by atoms with Crippen LogP contribution in [0, 0.1) is 5.82 Å². The van der Waals surface area contributed by atoms with Gasteiger partial charge in [-0.25, -0.2) is 9.18 Å². The molecule has 2 aromatic carbocycles. The maximum absolute atomic E-state index is 14.6. The Morgan fingerprint density at radius 3 is 2.31 bits per heavy atom. The number of rotatable bonds is 6. The molecule has 184 valence electrons. The first-order valence-electron chi connectivity index (χ1n) is 11.3. The van der Waals surface area contributed by atoms with Crippen LogP contribution in [0.15, 0.2) is 71.3 Å². The number of halogens is 5. The molecule has 2 N–H and O–H groups in total. The molecular weight excluding hydrogens is 526 g/mol. The summed E-state index contributed by atoms with van der Waals surface area (Å²) in [5.41, 5.74) is -1.75. The van der Waals surface area contributed by atoms with Crippen molar-refractivity contribution >= 4 is 22.0 Å². The molecule has 1 aliphatic carbocycles. The van der Waals surface area contributed by atoms with Gasteiger partial charge in [-0.15, -0.1) is 0 Å². The Morgan fingerprint density at radius 2 is 1.69 bits per heavy atom. The Morgan fingerprint density at radius 1 is 1.00 bits per heavy atom. The van der Waals surface area contributed by atoms with Gasteiger partial charge in [-0.2, -0.15) is 13.2 Å². The predicted molar refractivity (Wildman–Crippen MR) is 128 cm³/mol. The summed E-state index contributed by atoms with van der Waals surface area (Å²) in [7, 11) is 0. The molecule has 0 spiro atoms. The van der Waals surface area contributed by atoms with Gasteiger partial charge in [0.25, 0.3) is 0 Å². The van der Waals surface area contributed by atoms with E-state index in [2.05, 4.69) is 31.5 Å². The zero-order valence-electron chi connectivity index (χ0n) is 18.7. The van der Waals surface area contributed by atoms with Crippen LogP contribution in [-0.2, 0) is 18.1 Å². The number of aromatic nitrogens is 1. The van der Waals surface area contributed by atoms with Crippen LogP contribution in [0.5, 0.6) is 0 Å². The molecule has 35 heavy (non-hydrogen) atoms. The molecule has 1 heterocycles. The quantitative estimate of drug-likeness (QED) is 0.335. The molecule has 1 fully saturated rings. The van der Waals surface area contributed by atoms with Crippen molar-refractivity contribution in [3.05, 3.63) is 99.5 Å². The molecule has 9 heteroatoms. The van der Waals surface area contributed by atoms with Crippen molar-refractivity contribution in [3.8, 4) is 0 Å². The largest absolute Gasteiger partial charge is 0.416 e. The van der Waals surface area contributed by atoms with Gasteiger partial charge in [0.2, 0.25) is 0 Å². The fraction of sp³-hybridized carbons (Fsp3) is 0.308. The zero-order chi connectivity index (χ0) is 25.1. The molecule has 1 saturated carbocycles. The Hall–Kier alpha value is -2.94. The van der Waals surface area contributed by atoms with Gasteiger partial charge in [0.1, 0.15) is 11.4 Å². The van der Waals surface area contributed by atoms with Crippen LogP contribution in [0.4, 0.5) is 22.4 Å². The minimum absolute atomic E-state index is 0.0273. The summed E-state index contributed by atoms with van der Waals surface area (Å²) in [6.07, 6.45) is 0.424. The summed E-state index contributed by atoms with van der Waals surface area (Å²) in [5, 5.41) is 5.83. The van der Waals surface area contributed by atoms with Crippen molar-refractivity contribution in [1.29, 1.82) is 0 Å². The van der Waals surface area contributed by atoms with Crippen LogP contribution in [-0.4, -0.2) is 17.1 Å². The second-order valence-electron chi connectivity index (χ2n) is 8.74.